The summed E-state index contributed by atoms with van der Waals surface area (Å²) < 4.78 is 1.58. The average Bonchev–Trinajstić information content (AvgIpc) is 2.31. The van der Waals surface area contributed by atoms with Crippen LogP contribution in [0.15, 0.2) is 16.4 Å². The van der Waals surface area contributed by atoms with Gasteiger partial charge >= 0.3 is 4.87 Å². The van der Waals surface area contributed by atoms with Crippen LogP contribution in [0.4, 0.5) is 0 Å². The van der Waals surface area contributed by atoms with E-state index >= 15 is 0 Å². The molecule has 0 aliphatic rings. The molecule has 0 amide bonds. The van der Waals surface area contributed by atoms with Crippen molar-refractivity contribution in [3.63, 3.8) is 0 Å². The van der Waals surface area contributed by atoms with Crippen molar-refractivity contribution in [2.24, 2.45) is 0 Å². The predicted octanol–water partition coefficient (Wildman–Crippen LogP) is 0.933. The number of nitrogens with zero attached hydrogens (tertiary/aromatic N) is 1. The third kappa shape index (κ3) is 1.49. The second-order valence-electron chi connectivity index (χ2n) is 1.72. The van der Waals surface area contributed by atoms with Gasteiger partial charge in [-0.25, -0.2) is 0 Å². The summed E-state index contributed by atoms with van der Waals surface area (Å²) in [5.74, 6) is 5.54. The van der Waals surface area contributed by atoms with E-state index in [9.17, 15) is 4.79 Å². The second kappa shape index (κ2) is 3.23. The van der Waals surface area contributed by atoms with Crippen molar-refractivity contribution >= 4 is 11.3 Å². The Morgan fingerprint density at radius 3 is 3.10 bits per heavy atom. The van der Waals surface area contributed by atoms with Crippen molar-refractivity contribution in [2.75, 3.05) is 0 Å². The molecule has 3 heteroatoms. The molecule has 0 N–H and O–H groups in total. The lowest BCUT2D eigenvalue weighted by atomic mass is 10.6. The zero-order valence-electron chi connectivity index (χ0n) is 5.63. The molecule has 0 spiro atoms. The summed E-state index contributed by atoms with van der Waals surface area (Å²) in [5, 5.41) is 1.76. The van der Waals surface area contributed by atoms with Gasteiger partial charge in [0.1, 0.15) is 0 Å². The molecule has 1 heterocycles. The van der Waals surface area contributed by atoms with Gasteiger partial charge in [0, 0.05) is 11.6 Å². The zero-order valence-corrected chi connectivity index (χ0v) is 6.44. The van der Waals surface area contributed by atoms with E-state index in [2.05, 4.69) is 11.8 Å². The molecule has 0 fully saturated rings. The van der Waals surface area contributed by atoms with Crippen molar-refractivity contribution in [1.82, 2.24) is 4.57 Å². The van der Waals surface area contributed by atoms with E-state index in [0.29, 0.717) is 6.54 Å². The molecule has 1 aromatic rings. The maximum Gasteiger partial charge on any atom is 0.307 e. The molecule has 0 aliphatic carbocycles. The normalized spacial score (nSPS) is 8.50. The zero-order chi connectivity index (χ0) is 7.40. The fraction of sp³-hybridized carbons (Fsp3) is 0.286. The van der Waals surface area contributed by atoms with Crippen molar-refractivity contribution in [1.29, 1.82) is 0 Å². The van der Waals surface area contributed by atoms with Crippen molar-refractivity contribution in [3.05, 3.63) is 21.2 Å². The Labute approximate surface area is 63.1 Å². The van der Waals surface area contributed by atoms with Gasteiger partial charge in [-0.3, -0.25) is 9.36 Å². The molecule has 52 valence electrons. The number of hydrogen-bond acceptors (Lipinski definition) is 2. The van der Waals surface area contributed by atoms with Gasteiger partial charge in [-0.15, -0.1) is 5.92 Å². The minimum Gasteiger partial charge on any atom is -0.294 e. The third-order valence-corrected chi connectivity index (χ3v) is 1.76. The van der Waals surface area contributed by atoms with Gasteiger partial charge in [0.05, 0.1) is 6.54 Å². The highest BCUT2D eigenvalue weighted by Gasteiger charge is 1.90. The molecule has 1 rings (SSSR count). The van der Waals surface area contributed by atoms with Gasteiger partial charge in [0.2, 0.25) is 0 Å². The molecule has 0 saturated heterocycles. The van der Waals surface area contributed by atoms with Crippen molar-refractivity contribution in [3.8, 4) is 11.8 Å². The molecule has 2 nitrogen and oxygen atoms in total. The summed E-state index contributed by atoms with van der Waals surface area (Å²) in [5.41, 5.74) is 0. The van der Waals surface area contributed by atoms with Crippen LogP contribution in [-0.4, -0.2) is 4.57 Å². The average molecular weight is 153 g/mol. The maximum absolute atomic E-state index is 10.8. The third-order valence-electron chi connectivity index (χ3n) is 1.07. The van der Waals surface area contributed by atoms with E-state index in [1.54, 1.807) is 23.1 Å². The Bertz CT molecular complexity index is 312. The fourth-order valence-corrected chi connectivity index (χ4v) is 1.16. The predicted molar refractivity (Wildman–Crippen MR) is 42.0 cm³/mol. The Hall–Kier alpha value is -1.01. The molecular formula is C7H7NOS. The largest absolute Gasteiger partial charge is 0.307 e. The number of thiazole rings is 1. The highest BCUT2D eigenvalue weighted by molar-refractivity contribution is 7.07. The molecule has 0 atom stereocenters. The van der Waals surface area contributed by atoms with Crippen LogP contribution in [0.2, 0.25) is 0 Å². The monoisotopic (exact) mass is 153 g/mol. The highest BCUT2D eigenvalue weighted by atomic mass is 32.1. The smallest absolute Gasteiger partial charge is 0.294 e. The lowest BCUT2D eigenvalue weighted by molar-refractivity contribution is 0.825. The van der Waals surface area contributed by atoms with Gasteiger partial charge in [0.15, 0.2) is 0 Å². The molecule has 1 aromatic heterocycles. The van der Waals surface area contributed by atoms with Crippen LogP contribution in [0.25, 0.3) is 0 Å². The minimum atomic E-state index is 0.0581. The molecule has 0 radical (unpaired) electrons. The minimum absolute atomic E-state index is 0.0581. The summed E-state index contributed by atoms with van der Waals surface area (Å²) in [4.78, 5) is 10.9. The first-order chi connectivity index (χ1) is 4.84. The molecule has 0 saturated carbocycles. The Kier molecular flexibility index (Phi) is 2.30. The van der Waals surface area contributed by atoms with E-state index in [1.165, 1.54) is 11.3 Å². The van der Waals surface area contributed by atoms with Crippen LogP contribution < -0.4 is 4.87 Å². The van der Waals surface area contributed by atoms with E-state index < -0.39 is 0 Å². The summed E-state index contributed by atoms with van der Waals surface area (Å²) in [6.45, 7) is 2.27. The van der Waals surface area contributed by atoms with Crippen molar-refractivity contribution in [2.45, 2.75) is 13.5 Å². The van der Waals surface area contributed by atoms with E-state index in [-0.39, 0.29) is 4.87 Å². The Morgan fingerprint density at radius 1 is 1.80 bits per heavy atom. The number of aromatic nitrogens is 1. The first-order valence-corrected chi connectivity index (χ1v) is 3.76. The standard InChI is InChI=1S/C7H7NOS/c1-2-3-4-8-5-6-10-7(8)9/h5-6H,4H2,1H3. The van der Waals surface area contributed by atoms with Crippen LogP contribution in [0.1, 0.15) is 6.92 Å². The first-order valence-electron chi connectivity index (χ1n) is 2.88. The van der Waals surface area contributed by atoms with Crippen LogP contribution >= 0.6 is 11.3 Å². The van der Waals surface area contributed by atoms with Crippen LogP contribution in [0, 0.1) is 11.8 Å². The first kappa shape index (κ1) is 7.10. The van der Waals surface area contributed by atoms with Gasteiger partial charge in [-0.2, -0.15) is 0 Å². The lowest BCUT2D eigenvalue weighted by Crippen LogP contribution is -2.10. The van der Waals surface area contributed by atoms with Crippen LogP contribution in [0.5, 0.6) is 0 Å². The number of rotatable bonds is 1. The molecule has 0 unspecified atom stereocenters. The van der Waals surface area contributed by atoms with E-state index in [4.69, 9.17) is 0 Å². The van der Waals surface area contributed by atoms with Gasteiger partial charge < -0.3 is 0 Å². The summed E-state index contributed by atoms with van der Waals surface area (Å²) >= 11 is 1.19. The second-order valence-corrected chi connectivity index (χ2v) is 2.58. The summed E-state index contributed by atoms with van der Waals surface area (Å²) in [6, 6.07) is 0. The van der Waals surface area contributed by atoms with E-state index in [0.717, 1.165) is 0 Å². The van der Waals surface area contributed by atoms with Gasteiger partial charge in [-0.05, 0) is 6.92 Å². The molecular weight excluding hydrogens is 146 g/mol. The van der Waals surface area contributed by atoms with E-state index in [1.807, 2.05) is 0 Å². The highest BCUT2D eigenvalue weighted by Crippen LogP contribution is 1.86. The molecule has 0 aliphatic heterocycles. The lowest BCUT2D eigenvalue weighted by Gasteiger charge is -1.87. The quantitative estimate of drug-likeness (QED) is 0.550. The van der Waals surface area contributed by atoms with Crippen molar-refractivity contribution < 1.29 is 0 Å². The summed E-state index contributed by atoms with van der Waals surface area (Å²) in [6.07, 6.45) is 1.75. The van der Waals surface area contributed by atoms with Crippen LogP contribution in [-0.2, 0) is 6.54 Å². The van der Waals surface area contributed by atoms with Gasteiger partial charge in [0.25, 0.3) is 0 Å². The Morgan fingerprint density at radius 2 is 2.60 bits per heavy atom. The molecule has 0 aromatic carbocycles. The summed E-state index contributed by atoms with van der Waals surface area (Å²) in [7, 11) is 0. The van der Waals surface area contributed by atoms with Gasteiger partial charge in [-0.1, -0.05) is 17.3 Å². The SMILES string of the molecule is CC#CCn1ccsc1=O. The van der Waals surface area contributed by atoms with Crippen LogP contribution in [0.3, 0.4) is 0 Å². The molecule has 0 bridgehead atoms. The fourth-order valence-electron chi connectivity index (χ4n) is 0.572. The molecule has 10 heavy (non-hydrogen) atoms. The number of hydrogen-bond donors (Lipinski definition) is 0. The maximum atomic E-state index is 10.8. The Balaban J connectivity index is 2.82. The topological polar surface area (TPSA) is 22.0 Å².